The van der Waals surface area contributed by atoms with Crippen molar-refractivity contribution < 1.29 is 14.8 Å². The average Bonchev–Trinajstić information content (AvgIpc) is 2.59. The molecule has 1 aliphatic heterocycles. The van der Waals surface area contributed by atoms with Crippen LogP contribution in [0.4, 0.5) is 4.79 Å². The van der Waals surface area contributed by atoms with Crippen molar-refractivity contribution in [3.63, 3.8) is 0 Å². The monoisotopic (exact) mass is 259 g/mol. The molecule has 0 aromatic rings. The van der Waals surface area contributed by atoms with Crippen LogP contribution in [-0.2, 0) is 0 Å². The Balaban J connectivity index is 2.34. The molecular formula is C9H22BN5O3. The van der Waals surface area contributed by atoms with Crippen molar-refractivity contribution in [1.29, 1.82) is 0 Å². The van der Waals surface area contributed by atoms with Crippen LogP contribution in [0.5, 0.6) is 0 Å². The average molecular weight is 259 g/mol. The summed E-state index contributed by atoms with van der Waals surface area (Å²) in [6.45, 7) is 1.01. The van der Waals surface area contributed by atoms with Gasteiger partial charge in [-0.05, 0) is 18.7 Å². The highest BCUT2D eigenvalue weighted by Gasteiger charge is 2.32. The van der Waals surface area contributed by atoms with Crippen molar-refractivity contribution in [2.75, 3.05) is 13.1 Å². The van der Waals surface area contributed by atoms with Crippen LogP contribution in [0.15, 0.2) is 0 Å². The van der Waals surface area contributed by atoms with Gasteiger partial charge >= 0.3 is 13.1 Å². The van der Waals surface area contributed by atoms with E-state index in [1.54, 1.807) is 4.90 Å². The molecule has 0 spiro atoms. The summed E-state index contributed by atoms with van der Waals surface area (Å²) in [5.41, 5.74) is 16.5. The van der Waals surface area contributed by atoms with Crippen LogP contribution < -0.4 is 22.5 Å². The van der Waals surface area contributed by atoms with Gasteiger partial charge in [-0.25, -0.2) is 4.79 Å². The quantitative estimate of drug-likeness (QED) is 0.235. The largest absolute Gasteiger partial charge is 0.451 e. The lowest BCUT2D eigenvalue weighted by Gasteiger charge is -2.18. The van der Waals surface area contributed by atoms with Crippen LogP contribution in [-0.4, -0.2) is 53.5 Å². The minimum atomic E-state index is -1.28. The summed E-state index contributed by atoms with van der Waals surface area (Å²) in [5, 5.41) is 19.9. The van der Waals surface area contributed by atoms with Crippen molar-refractivity contribution in [1.82, 2.24) is 10.2 Å². The predicted octanol–water partition coefficient (Wildman–Crippen LogP) is -2.59. The third-order valence-corrected chi connectivity index (χ3v) is 3.11. The van der Waals surface area contributed by atoms with Crippen LogP contribution in [0.25, 0.3) is 0 Å². The maximum absolute atomic E-state index is 11.6. The number of likely N-dealkylation sites (tertiary alicyclic amines) is 1. The van der Waals surface area contributed by atoms with Crippen LogP contribution in [0.1, 0.15) is 12.8 Å². The summed E-state index contributed by atoms with van der Waals surface area (Å²) in [7, 11) is -1.28. The molecule has 8 nitrogen and oxygen atoms in total. The number of urea groups is 1. The van der Waals surface area contributed by atoms with Crippen LogP contribution in [0.3, 0.4) is 0 Å². The minimum Gasteiger partial charge on any atom is -0.427 e. The number of nitrogens with one attached hydrogen (secondary N) is 1. The van der Waals surface area contributed by atoms with E-state index in [-0.39, 0.29) is 18.0 Å². The van der Waals surface area contributed by atoms with E-state index < -0.39 is 13.4 Å². The number of carbonyl (C=O) groups excluding carboxylic acids is 1. The van der Waals surface area contributed by atoms with Gasteiger partial charge in [-0.3, -0.25) is 11.5 Å². The lowest BCUT2D eigenvalue weighted by molar-refractivity contribution is 0.203. The van der Waals surface area contributed by atoms with Gasteiger partial charge in [-0.2, -0.15) is 0 Å². The maximum Gasteiger partial charge on any atom is 0.451 e. The topological polar surface area (TPSA) is 151 Å². The first-order valence-corrected chi connectivity index (χ1v) is 6.08. The molecule has 0 unspecified atom stereocenters. The number of nitrogens with zero attached hydrogens (tertiary/aromatic N) is 1. The van der Waals surface area contributed by atoms with Crippen molar-refractivity contribution in [2.45, 2.75) is 31.5 Å². The summed E-state index contributed by atoms with van der Waals surface area (Å²) < 4.78 is 0. The third-order valence-electron chi connectivity index (χ3n) is 3.11. The number of rotatable bonds is 5. The van der Waals surface area contributed by atoms with Crippen molar-refractivity contribution >= 4 is 13.1 Å². The zero-order valence-electron chi connectivity index (χ0n) is 10.3. The molecule has 0 aromatic heterocycles. The van der Waals surface area contributed by atoms with Gasteiger partial charge in [0.2, 0.25) is 0 Å². The maximum atomic E-state index is 11.6. The van der Waals surface area contributed by atoms with E-state index in [1.165, 1.54) is 0 Å². The van der Waals surface area contributed by atoms with Gasteiger partial charge in [0.05, 0.1) is 0 Å². The van der Waals surface area contributed by atoms with Crippen LogP contribution >= 0.6 is 0 Å². The highest BCUT2D eigenvalue weighted by atomic mass is 16.4. The van der Waals surface area contributed by atoms with Crippen molar-refractivity contribution in [3.8, 4) is 0 Å². The Hall–Kier alpha value is -0.865. The second-order valence-corrected chi connectivity index (χ2v) is 4.72. The third kappa shape index (κ3) is 4.79. The SMILES string of the molecule is NC(N)NC(=O)N1C[C@H](CCCB(O)O)[C@@H](N)C1. The van der Waals surface area contributed by atoms with Crippen molar-refractivity contribution in [3.05, 3.63) is 0 Å². The molecule has 1 rings (SSSR count). The lowest BCUT2D eigenvalue weighted by atomic mass is 9.82. The predicted molar refractivity (Wildman–Crippen MR) is 68.0 cm³/mol. The molecule has 0 aromatic carbocycles. The zero-order chi connectivity index (χ0) is 13.7. The molecule has 18 heavy (non-hydrogen) atoms. The molecule has 0 radical (unpaired) electrons. The Morgan fingerprint density at radius 3 is 2.67 bits per heavy atom. The standard InChI is InChI=1S/C9H22BN5O3/c11-7-5-15(9(16)14-8(12)13)4-6(7)2-1-3-10(17)18/h6-8,17-18H,1-5,11-13H2,(H,14,16)/t6-,7-/m0/s1. The van der Waals surface area contributed by atoms with E-state index in [9.17, 15) is 4.79 Å². The first-order chi connectivity index (χ1) is 8.40. The smallest absolute Gasteiger partial charge is 0.427 e. The summed E-state index contributed by atoms with van der Waals surface area (Å²) in [4.78, 5) is 13.2. The van der Waals surface area contributed by atoms with E-state index in [1.807, 2.05) is 0 Å². The summed E-state index contributed by atoms with van der Waals surface area (Å²) in [6.07, 6.45) is 0.875. The summed E-state index contributed by atoms with van der Waals surface area (Å²) in [6, 6.07) is -0.411. The molecule has 2 amide bonds. The van der Waals surface area contributed by atoms with Gasteiger partial charge in [0.25, 0.3) is 0 Å². The summed E-state index contributed by atoms with van der Waals surface area (Å²) in [5.74, 6) is 0.170. The Bertz CT molecular complexity index is 279. The zero-order valence-corrected chi connectivity index (χ0v) is 10.3. The fourth-order valence-corrected chi connectivity index (χ4v) is 2.16. The molecule has 9 N–H and O–H groups in total. The molecule has 0 saturated carbocycles. The van der Waals surface area contributed by atoms with Gasteiger partial charge in [0.15, 0.2) is 0 Å². The molecule has 1 heterocycles. The molecule has 0 aliphatic carbocycles. The first kappa shape index (κ1) is 15.2. The van der Waals surface area contributed by atoms with E-state index in [0.29, 0.717) is 25.8 Å². The van der Waals surface area contributed by atoms with Gasteiger partial charge in [0.1, 0.15) is 6.29 Å². The Morgan fingerprint density at radius 1 is 1.44 bits per heavy atom. The van der Waals surface area contributed by atoms with Gasteiger partial charge in [-0.1, -0.05) is 6.42 Å². The molecule has 1 fully saturated rings. The first-order valence-electron chi connectivity index (χ1n) is 6.08. The number of hydrogen-bond donors (Lipinski definition) is 6. The second kappa shape index (κ2) is 6.91. The number of hydrogen-bond acceptors (Lipinski definition) is 6. The van der Waals surface area contributed by atoms with Gasteiger partial charge < -0.3 is 26.0 Å². The fraction of sp³-hybridized carbons (Fsp3) is 0.889. The second-order valence-electron chi connectivity index (χ2n) is 4.72. The minimum absolute atomic E-state index is 0.0967. The molecule has 1 aliphatic rings. The molecule has 9 heteroatoms. The molecule has 1 saturated heterocycles. The molecule has 104 valence electrons. The van der Waals surface area contributed by atoms with E-state index in [0.717, 1.165) is 6.42 Å². The summed E-state index contributed by atoms with van der Waals surface area (Å²) >= 11 is 0. The Morgan fingerprint density at radius 2 is 2.11 bits per heavy atom. The fourth-order valence-electron chi connectivity index (χ4n) is 2.16. The van der Waals surface area contributed by atoms with E-state index in [4.69, 9.17) is 27.2 Å². The van der Waals surface area contributed by atoms with Gasteiger partial charge in [-0.15, -0.1) is 0 Å². The van der Waals surface area contributed by atoms with Gasteiger partial charge in [0, 0.05) is 19.1 Å². The number of amides is 2. The lowest BCUT2D eigenvalue weighted by Crippen LogP contribution is -2.52. The molecule has 2 atom stereocenters. The molecular weight excluding hydrogens is 237 g/mol. The Kier molecular flexibility index (Phi) is 5.83. The Labute approximate surface area is 107 Å². The van der Waals surface area contributed by atoms with Crippen LogP contribution in [0, 0.1) is 5.92 Å². The highest BCUT2D eigenvalue weighted by Crippen LogP contribution is 2.21. The van der Waals surface area contributed by atoms with E-state index in [2.05, 4.69) is 5.32 Å². The molecule has 0 bridgehead atoms. The number of nitrogens with two attached hydrogens (primary N) is 3. The van der Waals surface area contributed by atoms with Crippen molar-refractivity contribution in [2.24, 2.45) is 23.1 Å². The number of carbonyl (C=O) groups is 1. The van der Waals surface area contributed by atoms with Crippen LogP contribution in [0.2, 0.25) is 6.32 Å². The van der Waals surface area contributed by atoms with E-state index >= 15 is 0 Å². The normalized spacial score (nSPS) is 23.6. The highest BCUT2D eigenvalue weighted by molar-refractivity contribution is 6.40.